The van der Waals surface area contributed by atoms with Crippen molar-refractivity contribution in [3.05, 3.63) is 64.0 Å². The minimum atomic E-state index is -3.96. The van der Waals surface area contributed by atoms with Gasteiger partial charge in [-0.05, 0) is 24.3 Å². The third-order valence-electron chi connectivity index (χ3n) is 4.74. The van der Waals surface area contributed by atoms with Crippen LogP contribution in [0.5, 0.6) is 0 Å². The molecule has 1 amide bonds. The van der Waals surface area contributed by atoms with Gasteiger partial charge in [0.2, 0.25) is 10.0 Å². The number of nitrogens with zero attached hydrogens (tertiary/aromatic N) is 3. The van der Waals surface area contributed by atoms with Gasteiger partial charge in [-0.2, -0.15) is 4.31 Å². The Morgan fingerprint density at radius 2 is 1.65 bits per heavy atom. The van der Waals surface area contributed by atoms with Gasteiger partial charge in [0.25, 0.3) is 11.6 Å². The molecule has 0 N–H and O–H groups in total. The van der Waals surface area contributed by atoms with E-state index in [0.29, 0.717) is 0 Å². The number of nitro benzene ring substituents is 1. The van der Waals surface area contributed by atoms with Crippen LogP contribution in [0.1, 0.15) is 10.4 Å². The Morgan fingerprint density at radius 3 is 2.19 bits per heavy atom. The molecule has 1 aliphatic heterocycles. The summed E-state index contributed by atoms with van der Waals surface area (Å²) >= 11 is 0. The number of halogens is 1. The predicted molar refractivity (Wildman–Crippen MR) is 107 cm³/mol. The summed E-state index contributed by atoms with van der Waals surface area (Å²) in [5, 5.41) is 11.1. The second-order valence-corrected chi connectivity index (χ2v) is 10.9. The van der Waals surface area contributed by atoms with E-state index in [2.05, 4.69) is 0 Å². The topological polar surface area (TPSA) is 135 Å². The van der Waals surface area contributed by atoms with Crippen LogP contribution in [0, 0.1) is 15.9 Å². The molecular weight excluding hydrogens is 453 g/mol. The quantitative estimate of drug-likeness (QED) is 0.473. The van der Waals surface area contributed by atoms with E-state index >= 15 is 0 Å². The standard InChI is InChI=1S/C18H18FN3O7S2/c1-30(26,27)17-10-13(9-15(12-17)22(24)25)18(23)20-5-7-21(8-6-20)31(28,29)16-4-2-3-14(19)11-16/h2-4,9-12H,5-8H2,1H3. The first kappa shape index (κ1) is 22.8. The van der Waals surface area contributed by atoms with Crippen LogP contribution in [0.25, 0.3) is 0 Å². The van der Waals surface area contributed by atoms with Gasteiger partial charge in [-0.25, -0.2) is 21.2 Å². The summed E-state index contributed by atoms with van der Waals surface area (Å²) in [6.07, 6.45) is 0.871. The highest BCUT2D eigenvalue weighted by Gasteiger charge is 2.31. The Kier molecular flexibility index (Phi) is 6.11. The zero-order chi connectivity index (χ0) is 23.0. The van der Waals surface area contributed by atoms with Gasteiger partial charge in [-0.15, -0.1) is 0 Å². The molecule has 0 bridgehead atoms. The second-order valence-electron chi connectivity index (χ2n) is 6.90. The van der Waals surface area contributed by atoms with E-state index in [0.717, 1.165) is 40.9 Å². The van der Waals surface area contributed by atoms with Gasteiger partial charge >= 0.3 is 0 Å². The average molecular weight is 471 g/mol. The Labute approximate surface area is 178 Å². The lowest BCUT2D eigenvalue weighted by atomic mass is 10.1. The van der Waals surface area contributed by atoms with Crippen LogP contribution < -0.4 is 0 Å². The van der Waals surface area contributed by atoms with Gasteiger partial charge in [0, 0.05) is 50.1 Å². The first-order valence-corrected chi connectivity index (χ1v) is 12.3. The molecule has 0 atom stereocenters. The molecule has 1 aliphatic rings. The minimum Gasteiger partial charge on any atom is -0.336 e. The molecule has 0 aromatic heterocycles. The Morgan fingerprint density at radius 1 is 1.00 bits per heavy atom. The molecule has 0 aliphatic carbocycles. The lowest BCUT2D eigenvalue weighted by Gasteiger charge is -2.34. The van der Waals surface area contributed by atoms with Gasteiger partial charge in [0.05, 0.1) is 14.7 Å². The second kappa shape index (κ2) is 8.32. The van der Waals surface area contributed by atoms with Crippen molar-refractivity contribution in [2.75, 3.05) is 32.4 Å². The monoisotopic (exact) mass is 471 g/mol. The molecule has 3 rings (SSSR count). The van der Waals surface area contributed by atoms with E-state index < -0.39 is 42.2 Å². The number of nitro groups is 1. The van der Waals surface area contributed by atoms with Crippen LogP contribution >= 0.6 is 0 Å². The molecule has 0 saturated carbocycles. The van der Waals surface area contributed by atoms with E-state index in [1.807, 2.05) is 0 Å². The predicted octanol–water partition coefficient (Wildman–Crippen LogP) is 1.28. The third kappa shape index (κ3) is 4.89. The van der Waals surface area contributed by atoms with Gasteiger partial charge in [-0.1, -0.05) is 6.07 Å². The molecule has 10 nitrogen and oxygen atoms in total. The first-order valence-electron chi connectivity index (χ1n) is 8.94. The Hall–Kier alpha value is -2.90. The van der Waals surface area contributed by atoms with Gasteiger partial charge in [-0.3, -0.25) is 14.9 Å². The highest BCUT2D eigenvalue weighted by atomic mass is 32.2. The highest BCUT2D eigenvalue weighted by molar-refractivity contribution is 7.90. The molecule has 0 radical (unpaired) electrons. The number of piperazine rings is 1. The van der Waals surface area contributed by atoms with Gasteiger partial charge in [0.1, 0.15) is 5.82 Å². The maximum absolute atomic E-state index is 13.4. The Balaban J connectivity index is 1.81. The largest absolute Gasteiger partial charge is 0.336 e. The fraction of sp³-hybridized carbons (Fsp3) is 0.278. The van der Waals surface area contributed by atoms with Crippen LogP contribution in [0.2, 0.25) is 0 Å². The van der Waals surface area contributed by atoms with E-state index in [9.17, 15) is 36.1 Å². The molecule has 2 aromatic carbocycles. The molecule has 2 aromatic rings. The normalized spacial score (nSPS) is 15.6. The van der Waals surface area contributed by atoms with Crippen molar-refractivity contribution in [2.24, 2.45) is 0 Å². The number of benzene rings is 2. The lowest BCUT2D eigenvalue weighted by molar-refractivity contribution is -0.385. The van der Waals surface area contributed by atoms with Crippen LogP contribution in [0.3, 0.4) is 0 Å². The number of carbonyl (C=O) groups is 1. The molecule has 1 fully saturated rings. The summed E-state index contributed by atoms with van der Waals surface area (Å²) in [7, 11) is -7.76. The minimum absolute atomic E-state index is 0.0235. The number of non-ortho nitro benzene ring substituents is 1. The van der Waals surface area contributed by atoms with Crippen molar-refractivity contribution in [3.63, 3.8) is 0 Å². The third-order valence-corrected chi connectivity index (χ3v) is 7.72. The molecule has 1 saturated heterocycles. The van der Waals surface area contributed by atoms with E-state index in [1.54, 1.807) is 0 Å². The zero-order valence-corrected chi connectivity index (χ0v) is 17.9. The number of amides is 1. The SMILES string of the molecule is CS(=O)(=O)c1cc(C(=O)N2CCN(S(=O)(=O)c3cccc(F)c3)CC2)cc([N+](=O)[O-])c1. The number of rotatable bonds is 5. The van der Waals surface area contributed by atoms with Crippen molar-refractivity contribution in [1.29, 1.82) is 0 Å². The van der Waals surface area contributed by atoms with E-state index in [-0.39, 0.29) is 41.5 Å². The summed E-state index contributed by atoms with van der Waals surface area (Å²) in [5.41, 5.74) is -0.727. The van der Waals surface area contributed by atoms with Crippen LogP contribution in [0.15, 0.2) is 52.3 Å². The summed E-state index contributed by atoms with van der Waals surface area (Å²) in [5.74, 6) is -1.35. The van der Waals surface area contributed by atoms with Crippen molar-refractivity contribution in [3.8, 4) is 0 Å². The number of sulfonamides is 1. The van der Waals surface area contributed by atoms with Gasteiger partial charge < -0.3 is 4.90 Å². The van der Waals surface area contributed by atoms with E-state index in [1.165, 1.54) is 17.0 Å². The smallest absolute Gasteiger partial charge is 0.271 e. The maximum Gasteiger partial charge on any atom is 0.271 e. The average Bonchev–Trinajstić information content (AvgIpc) is 2.72. The molecule has 31 heavy (non-hydrogen) atoms. The number of carbonyl (C=O) groups excluding carboxylic acids is 1. The van der Waals surface area contributed by atoms with Crippen LogP contribution in [-0.2, 0) is 19.9 Å². The van der Waals surface area contributed by atoms with Crippen LogP contribution in [0.4, 0.5) is 10.1 Å². The first-order chi connectivity index (χ1) is 14.4. The molecule has 0 spiro atoms. The lowest BCUT2D eigenvalue weighted by Crippen LogP contribution is -2.50. The Bertz CT molecular complexity index is 1250. The van der Waals surface area contributed by atoms with Crippen LogP contribution in [-0.4, -0.2) is 69.3 Å². The van der Waals surface area contributed by atoms with Crippen molar-refractivity contribution in [2.45, 2.75) is 9.79 Å². The summed E-state index contributed by atoms with van der Waals surface area (Å²) in [6.45, 7) is -0.189. The molecular formula is C18H18FN3O7S2. The summed E-state index contributed by atoms with van der Waals surface area (Å²) in [4.78, 5) is 23.9. The van der Waals surface area contributed by atoms with Crippen molar-refractivity contribution >= 4 is 31.5 Å². The molecule has 0 unspecified atom stereocenters. The fourth-order valence-corrected chi connectivity index (χ4v) is 5.25. The highest BCUT2D eigenvalue weighted by Crippen LogP contribution is 2.23. The van der Waals surface area contributed by atoms with E-state index in [4.69, 9.17) is 0 Å². The molecule has 1 heterocycles. The molecule has 13 heteroatoms. The van der Waals surface area contributed by atoms with Crippen molar-refractivity contribution < 1.29 is 30.9 Å². The maximum atomic E-state index is 13.4. The zero-order valence-electron chi connectivity index (χ0n) is 16.3. The number of sulfone groups is 1. The number of hydrogen-bond acceptors (Lipinski definition) is 7. The summed E-state index contributed by atoms with van der Waals surface area (Å²) < 4.78 is 63.5. The summed E-state index contributed by atoms with van der Waals surface area (Å²) in [6, 6.07) is 7.49. The molecule has 166 valence electrons. The van der Waals surface area contributed by atoms with Gasteiger partial charge in [0.15, 0.2) is 9.84 Å². The number of hydrogen-bond donors (Lipinski definition) is 0. The van der Waals surface area contributed by atoms with Crippen molar-refractivity contribution in [1.82, 2.24) is 9.21 Å². The fourth-order valence-electron chi connectivity index (χ4n) is 3.12.